The van der Waals surface area contributed by atoms with E-state index >= 15 is 0 Å². The Morgan fingerprint density at radius 1 is 0.892 bits per heavy atom. The molecule has 1 aliphatic rings. The zero-order valence-electron chi connectivity index (χ0n) is 20.5. The standard InChI is InChI=1S/C28H22N2O7/c1-14-11-21(29-37-14)30-23(16-12-19(33-2)26(35-4)20(13-16)34-3)22-24(31)18-10-9-15-7-5-6-8-17(15)25(18)36-27(22)28(30)32/h5-13,23H,1-4H3/t23-/m0/s1. The number of carbonyl (C=O) groups excluding carboxylic acids is 1. The Labute approximate surface area is 210 Å². The van der Waals surface area contributed by atoms with E-state index in [0.717, 1.165) is 10.8 Å². The highest BCUT2D eigenvalue weighted by atomic mass is 16.5. The molecule has 0 saturated heterocycles. The number of carbonyl (C=O) groups is 1. The molecule has 1 aliphatic heterocycles. The third kappa shape index (κ3) is 3.27. The van der Waals surface area contributed by atoms with Crippen LogP contribution in [0.1, 0.15) is 33.5 Å². The highest BCUT2D eigenvalue weighted by Gasteiger charge is 2.45. The molecule has 9 heteroatoms. The molecule has 186 valence electrons. The number of nitrogens with zero attached hydrogens (tertiary/aromatic N) is 2. The molecule has 37 heavy (non-hydrogen) atoms. The van der Waals surface area contributed by atoms with Gasteiger partial charge in [-0.05, 0) is 36.1 Å². The van der Waals surface area contributed by atoms with Crippen molar-refractivity contribution < 1.29 is 27.9 Å². The first-order chi connectivity index (χ1) is 18.0. The van der Waals surface area contributed by atoms with E-state index in [2.05, 4.69) is 5.16 Å². The minimum Gasteiger partial charge on any atom is -0.493 e. The molecule has 0 aliphatic carbocycles. The number of anilines is 1. The molecule has 0 saturated carbocycles. The van der Waals surface area contributed by atoms with E-state index in [9.17, 15) is 9.59 Å². The minimum absolute atomic E-state index is 0.0479. The number of methoxy groups -OCH3 is 3. The van der Waals surface area contributed by atoms with Crippen LogP contribution in [0.2, 0.25) is 0 Å². The lowest BCUT2D eigenvalue weighted by Crippen LogP contribution is -2.29. The number of rotatable bonds is 5. The molecular formula is C28H22N2O7. The normalized spacial score (nSPS) is 14.9. The number of ether oxygens (including phenoxy) is 3. The molecule has 1 atom stereocenters. The molecule has 0 radical (unpaired) electrons. The van der Waals surface area contributed by atoms with E-state index < -0.39 is 11.9 Å². The van der Waals surface area contributed by atoms with Gasteiger partial charge >= 0.3 is 0 Å². The smallest absolute Gasteiger partial charge is 0.296 e. The molecule has 0 bridgehead atoms. The second-order valence-electron chi connectivity index (χ2n) is 8.67. The summed E-state index contributed by atoms with van der Waals surface area (Å²) >= 11 is 0. The summed E-state index contributed by atoms with van der Waals surface area (Å²) in [6, 6.07) is 15.3. The van der Waals surface area contributed by atoms with E-state index in [4.69, 9.17) is 23.2 Å². The predicted molar refractivity (Wildman–Crippen MR) is 136 cm³/mol. The molecule has 2 aromatic heterocycles. The van der Waals surface area contributed by atoms with E-state index in [1.807, 2.05) is 30.3 Å². The molecule has 3 aromatic carbocycles. The van der Waals surface area contributed by atoms with Crippen LogP contribution in [0, 0.1) is 6.92 Å². The van der Waals surface area contributed by atoms with Gasteiger partial charge in [0.1, 0.15) is 11.3 Å². The Morgan fingerprint density at radius 2 is 1.62 bits per heavy atom. The van der Waals surface area contributed by atoms with Crippen LogP contribution in [0.15, 0.2) is 68.3 Å². The van der Waals surface area contributed by atoms with E-state index in [-0.39, 0.29) is 22.6 Å². The van der Waals surface area contributed by atoms with Crippen molar-refractivity contribution in [3.05, 3.63) is 87.5 Å². The fourth-order valence-electron chi connectivity index (χ4n) is 4.98. The van der Waals surface area contributed by atoms with Gasteiger partial charge in [-0.1, -0.05) is 35.5 Å². The summed E-state index contributed by atoms with van der Waals surface area (Å²) in [7, 11) is 4.51. The van der Waals surface area contributed by atoms with Gasteiger partial charge in [0.05, 0.1) is 38.3 Å². The SMILES string of the molecule is COc1cc([C@H]2c3c(oc4c(ccc5ccccc54)c3=O)C(=O)N2c2cc(C)on2)cc(OC)c1OC. The molecule has 1 amide bonds. The molecule has 0 spiro atoms. The zero-order valence-corrected chi connectivity index (χ0v) is 20.5. The summed E-state index contributed by atoms with van der Waals surface area (Å²) in [5.41, 5.74) is 0.797. The lowest BCUT2D eigenvalue weighted by molar-refractivity contribution is 0.0969. The van der Waals surface area contributed by atoms with E-state index in [1.54, 1.807) is 31.2 Å². The Hall–Kier alpha value is -4.79. The lowest BCUT2D eigenvalue weighted by atomic mass is 9.97. The summed E-state index contributed by atoms with van der Waals surface area (Å²) in [4.78, 5) is 29.3. The third-order valence-corrected chi connectivity index (χ3v) is 6.63. The van der Waals surface area contributed by atoms with Crippen molar-refractivity contribution in [3.8, 4) is 17.2 Å². The highest BCUT2D eigenvalue weighted by Crippen LogP contribution is 2.46. The maximum Gasteiger partial charge on any atom is 0.296 e. The predicted octanol–water partition coefficient (Wildman–Crippen LogP) is 5.02. The van der Waals surface area contributed by atoms with Crippen molar-refractivity contribution in [2.75, 3.05) is 26.2 Å². The average molecular weight is 498 g/mol. The van der Waals surface area contributed by atoms with Crippen LogP contribution in [-0.2, 0) is 0 Å². The van der Waals surface area contributed by atoms with Crippen LogP contribution in [0.25, 0.3) is 21.7 Å². The summed E-state index contributed by atoms with van der Waals surface area (Å²) in [5, 5.41) is 6.09. The maximum atomic E-state index is 14.0. The van der Waals surface area contributed by atoms with Crippen molar-refractivity contribution in [1.82, 2.24) is 5.16 Å². The summed E-state index contributed by atoms with van der Waals surface area (Å²) in [6.07, 6.45) is 0. The van der Waals surface area contributed by atoms with E-state index in [1.165, 1.54) is 26.2 Å². The Bertz CT molecular complexity index is 1740. The van der Waals surface area contributed by atoms with Crippen LogP contribution in [-0.4, -0.2) is 32.4 Å². The van der Waals surface area contributed by atoms with Crippen molar-refractivity contribution in [2.24, 2.45) is 0 Å². The number of amides is 1. The molecule has 0 unspecified atom stereocenters. The van der Waals surface area contributed by atoms with Gasteiger partial charge in [-0.3, -0.25) is 14.5 Å². The first-order valence-corrected chi connectivity index (χ1v) is 11.5. The molecule has 0 fully saturated rings. The molecule has 6 rings (SSSR count). The van der Waals surface area contributed by atoms with Crippen LogP contribution in [0.4, 0.5) is 5.82 Å². The summed E-state index contributed by atoms with van der Waals surface area (Å²) in [5.74, 6) is 1.36. The number of fused-ring (bicyclic) bond motifs is 4. The molecule has 9 nitrogen and oxygen atoms in total. The molecule has 0 N–H and O–H groups in total. The number of aromatic nitrogens is 1. The number of aryl methyl sites for hydroxylation is 1. The number of benzene rings is 3. The van der Waals surface area contributed by atoms with Crippen molar-refractivity contribution in [2.45, 2.75) is 13.0 Å². The van der Waals surface area contributed by atoms with Crippen LogP contribution in [0.5, 0.6) is 17.2 Å². The van der Waals surface area contributed by atoms with Crippen molar-refractivity contribution in [1.29, 1.82) is 0 Å². The van der Waals surface area contributed by atoms with Gasteiger partial charge in [0.15, 0.2) is 22.7 Å². The van der Waals surface area contributed by atoms with E-state index in [0.29, 0.717) is 39.5 Å². The van der Waals surface area contributed by atoms with Crippen LogP contribution >= 0.6 is 0 Å². The largest absolute Gasteiger partial charge is 0.493 e. The topological polar surface area (TPSA) is 104 Å². The Morgan fingerprint density at radius 3 is 2.27 bits per heavy atom. The fraction of sp³-hybridized carbons (Fsp3) is 0.179. The Balaban J connectivity index is 1.69. The maximum absolute atomic E-state index is 14.0. The number of hydrogen-bond acceptors (Lipinski definition) is 8. The Kier molecular flexibility index (Phi) is 5.15. The quantitative estimate of drug-likeness (QED) is 0.311. The zero-order chi connectivity index (χ0) is 25.8. The van der Waals surface area contributed by atoms with Gasteiger partial charge in [-0.2, -0.15) is 0 Å². The van der Waals surface area contributed by atoms with Gasteiger partial charge in [-0.15, -0.1) is 0 Å². The molecule has 3 heterocycles. The van der Waals surface area contributed by atoms with Gasteiger partial charge in [0.2, 0.25) is 11.5 Å². The van der Waals surface area contributed by atoms with Gasteiger partial charge in [0.25, 0.3) is 5.91 Å². The van der Waals surface area contributed by atoms with Crippen molar-refractivity contribution >= 4 is 33.5 Å². The van der Waals surface area contributed by atoms with Gasteiger partial charge in [-0.25, -0.2) is 0 Å². The van der Waals surface area contributed by atoms with Crippen LogP contribution < -0.4 is 24.5 Å². The first-order valence-electron chi connectivity index (χ1n) is 11.5. The van der Waals surface area contributed by atoms with Gasteiger partial charge < -0.3 is 23.2 Å². The first kappa shape index (κ1) is 22.7. The summed E-state index contributed by atoms with van der Waals surface area (Å²) in [6.45, 7) is 1.72. The number of hydrogen-bond donors (Lipinski definition) is 0. The minimum atomic E-state index is -0.882. The second kappa shape index (κ2) is 8.41. The second-order valence-corrected chi connectivity index (χ2v) is 8.67. The van der Waals surface area contributed by atoms with Crippen molar-refractivity contribution in [3.63, 3.8) is 0 Å². The third-order valence-electron chi connectivity index (χ3n) is 6.63. The molecular weight excluding hydrogens is 476 g/mol. The molecule has 5 aromatic rings. The monoisotopic (exact) mass is 498 g/mol. The lowest BCUT2D eigenvalue weighted by Gasteiger charge is -2.24. The van der Waals surface area contributed by atoms with Crippen LogP contribution in [0.3, 0.4) is 0 Å². The summed E-state index contributed by atoms with van der Waals surface area (Å²) < 4.78 is 28.1. The average Bonchev–Trinajstić information content (AvgIpc) is 3.48. The van der Waals surface area contributed by atoms with Gasteiger partial charge in [0, 0.05) is 11.5 Å². The highest BCUT2D eigenvalue weighted by molar-refractivity contribution is 6.12. The fourth-order valence-corrected chi connectivity index (χ4v) is 4.98.